The van der Waals surface area contributed by atoms with E-state index in [-0.39, 0.29) is 0 Å². The third-order valence-corrected chi connectivity index (χ3v) is 1.02. The Morgan fingerprint density at radius 3 is 2.67 bits per heavy atom. The van der Waals surface area contributed by atoms with E-state index in [1.165, 1.54) is 5.57 Å². The van der Waals surface area contributed by atoms with Crippen molar-refractivity contribution in [3.05, 3.63) is 36.5 Å². The van der Waals surface area contributed by atoms with Gasteiger partial charge in [-0.05, 0) is 13.3 Å². The molecule has 9 heavy (non-hydrogen) atoms. The van der Waals surface area contributed by atoms with Crippen molar-refractivity contribution in [1.29, 1.82) is 0 Å². The average molecular weight is 122 g/mol. The first-order valence-corrected chi connectivity index (χ1v) is 3.27. The van der Waals surface area contributed by atoms with E-state index >= 15 is 0 Å². The van der Waals surface area contributed by atoms with E-state index in [0.717, 1.165) is 6.42 Å². The Morgan fingerprint density at radius 2 is 2.22 bits per heavy atom. The Kier molecular flexibility index (Phi) is 4.89. The molecule has 0 fully saturated rings. The summed E-state index contributed by atoms with van der Waals surface area (Å²) in [5.74, 6) is 0. The molecule has 0 rings (SSSR count). The summed E-state index contributed by atoms with van der Waals surface area (Å²) in [5.41, 5.74) is 1.30. The van der Waals surface area contributed by atoms with Crippen LogP contribution in [0.5, 0.6) is 0 Å². The molecule has 0 nitrogen and oxygen atoms in total. The minimum atomic E-state index is 1.10. The summed E-state index contributed by atoms with van der Waals surface area (Å²) < 4.78 is 0. The Bertz CT molecular complexity index is 127. The smallest absolute Gasteiger partial charge is 0.0374 e. The van der Waals surface area contributed by atoms with E-state index in [1.807, 2.05) is 6.08 Å². The van der Waals surface area contributed by atoms with Crippen molar-refractivity contribution in [3.63, 3.8) is 0 Å². The average Bonchev–Trinajstić information content (AvgIpc) is 1.85. The first-order chi connectivity index (χ1) is 4.31. The predicted octanol–water partition coefficient (Wildman–Crippen LogP) is 3.08. The summed E-state index contributed by atoms with van der Waals surface area (Å²) in [6, 6.07) is 0. The number of rotatable bonds is 3. The van der Waals surface area contributed by atoms with Gasteiger partial charge in [0.05, 0.1) is 0 Å². The second-order valence-corrected chi connectivity index (χ2v) is 1.95. The number of hydrogen-bond donors (Lipinski definition) is 0. The van der Waals surface area contributed by atoms with Gasteiger partial charge in [0.15, 0.2) is 0 Å². The van der Waals surface area contributed by atoms with Gasteiger partial charge in [0, 0.05) is 0 Å². The second kappa shape index (κ2) is 5.36. The van der Waals surface area contributed by atoms with Gasteiger partial charge in [-0.25, -0.2) is 0 Å². The standard InChI is InChI=1S/C9H14/c1-4-6-8-9(3)7-5-2/h4,6-8H,1,5H2,2-3H3. The SMILES string of the molecule is C=CC=CC(C)=CCC. The highest BCUT2D eigenvalue weighted by molar-refractivity contribution is 5.18. The van der Waals surface area contributed by atoms with Crippen molar-refractivity contribution in [3.8, 4) is 0 Å². The first kappa shape index (κ1) is 8.22. The lowest BCUT2D eigenvalue weighted by atomic mass is 10.2. The van der Waals surface area contributed by atoms with Crippen LogP contribution in [0.2, 0.25) is 0 Å². The Hall–Kier alpha value is -0.780. The molecule has 0 aliphatic carbocycles. The largest absolute Gasteiger partial charge is 0.0991 e. The fraction of sp³-hybridized carbons (Fsp3) is 0.333. The summed E-state index contributed by atoms with van der Waals surface area (Å²) in [4.78, 5) is 0. The van der Waals surface area contributed by atoms with Crippen LogP contribution in [0.25, 0.3) is 0 Å². The fourth-order valence-electron chi connectivity index (χ4n) is 0.610. The molecule has 0 aliphatic heterocycles. The molecule has 0 saturated heterocycles. The molecule has 50 valence electrons. The number of hydrogen-bond acceptors (Lipinski definition) is 0. The molecule has 0 amide bonds. The molecule has 0 spiro atoms. The van der Waals surface area contributed by atoms with Gasteiger partial charge in [0.1, 0.15) is 0 Å². The monoisotopic (exact) mass is 122 g/mol. The Balaban J connectivity index is 3.74. The van der Waals surface area contributed by atoms with Crippen LogP contribution in [0.3, 0.4) is 0 Å². The Labute approximate surface area is 57.6 Å². The van der Waals surface area contributed by atoms with Crippen molar-refractivity contribution in [2.75, 3.05) is 0 Å². The van der Waals surface area contributed by atoms with Crippen molar-refractivity contribution >= 4 is 0 Å². The molecule has 0 N–H and O–H groups in total. The summed E-state index contributed by atoms with van der Waals surface area (Å²) >= 11 is 0. The van der Waals surface area contributed by atoms with E-state index < -0.39 is 0 Å². The lowest BCUT2D eigenvalue weighted by molar-refractivity contribution is 1.20. The number of allylic oxidation sites excluding steroid dienone is 5. The summed E-state index contributed by atoms with van der Waals surface area (Å²) in [5, 5.41) is 0. The molecule has 0 unspecified atom stereocenters. The van der Waals surface area contributed by atoms with Crippen molar-refractivity contribution in [1.82, 2.24) is 0 Å². The molecule has 0 aromatic rings. The van der Waals surface area contributed by atoms with Gasteiger partial charge in [0.25, 0.3) is 0 Å². The molecule has 0 aromatic heterocycles. The van der Waals surface area contributed by atoms with Crippen LogP contribution in [0, 0.1) is 0 Å². The van der Waals surface area contributed by atoms with Crippen LogP contribution >= 0.6 is 0 Å². The lowest BCUT2D eigenvalue weighted by Crippen LogP contribution is -1.64. The second-order valence-electron chi connectivity index (χ2n) is 1.95. The van der Waals surface area contributed by atoms with Gasteiger partial charge in [-0.15, -0.1) is 0 Å². The van der Waals surface area contributed by atoms with Gasteiger partial charge >= 0.3 is 0 Å². The fourth-order valence-corrected chi connectivity index (χ4v) is 0.610. The van der Waals surface area contributed by atoms with Gasteiger partial charge in [0.2, 0.25) is 0 Å². The highest BCUT2D eigenvalue weighted by Gasteiger charge is 1.74. The first-order valence-electron chi connectivity index (χ1n) is 3.27. The normalized spacial score (nSPS) is 12.4. The molecule has 0 bridgehead atoms. The molecule has 0 heteroatoms. The zero-order valence-corrected chi connectivity index (χ0v) is 6.22. The molecule has 0 aliphatic rings. The molecule has 0 radical (unpaired) electrons. The van der Waals surface area contributed by atoms with Gasteiger partial charge in [-0.3, -0.25) is 0 Å². The van der Waals surface area contributed by atoms with Crippen LogP contribution in [-0.4, -0.2) is 0 Å². The van der Waals surface area contributed by atoms with E-state index in [9.17, 15) is 0 Å². The van der Waals surface area contributed by atoms with E-state index in [4.69, 9.17) is 0 Å². The summed E-state index contributed by atoms with van der Waals surface area (Å²) in [6.07, 6.45) is 9.07. The zero-order chi connectivity index (χ0) is 7.11. The van der Waals surface area contributed by atoms with Crippen LogP contribution in [0.1, 0.15) is 20.3 Å². The Morgan fingerprint density at radius 1 is 1.56 bits per heavy atom. The van der Waals surface area contributed by atoms with E-state index in [0.29, 0.717) is 0 Å². The van der Waals surface area contributed by atoms with Crippen LogP contribution < -0.4 is 0 Å². The highest BCUT2D eigenvalue weighted by atomic mass is 13.8. The van der Waals surface area contributed by atoms with Crippen LogP contribution in [0.15, 0.2) is 36.5 Å². The predicted molar refractivity (Wildman–Crippen MR) is 43.4 cm³/mol. The topological polar surface area (TPSA) is 0 Å². The lowest BCUT2D eigenvalue weighted by Gasteiger charge is -1.85. The molecular formula is C9H14. The van der Waals surface area contributed by atoms with E-state index in [2.05, 4.69) is 32.6 Å². The summed E-state index contributed by atoms with van der Waals surface area (Å²) in [6.45, 7) is 7.80. The molecule has 0 aromatic carbocycles. The quantitative estimate of drug-likeness (QED) is 0.504. The third kappa shape index (κ3) is 5.09. The molecule has 0 saturated carbocycles. The van der Waals surface area contributed by atoms with Crippen molar-refractivity contribution in [2.45, 2.75) is 20.3 Å². The molecular weight excluding hydrogens is 108 g/mol. The van der Waals surface area contributed by atoms with E-state index in [1.54, 1.807) is 6.08 Å². The molecule has 0 atom stereocenters. The van der Waals surface area contributed by atoms with Gasteiger partial charge < -0.3 is 0 Å². The maximum absolute atomic E-state index is 3.58. The van der Waals surface area contributed by atoms with Gasteiger partial charge in [-0.1, -0.05) is 43.4 Å². The van der Waals surface area contributed by atoms with Crippen LogP contribution in [-0.2, 0) is 0 Å². The highest BCUT2D eigenvalue weighted by Crippen LogP contribution is 1.95. The maximum Gasteiger partial charge on any atom is -0.0374 e. The minimum absolute atomic E-state index is 1.10. The maximum atomic E-state index is 3.58. The van der Waals surface area contributed by atoms with Crippen molar-refractivity contribution < 1.29 is 0 Å². The van der Waals surface area contributed by atoms with Gasteiger partial charge in [-0.2, -0.15) is 0 Å². The minimum Gasteiger partial charge on any atom is -0.0991 e. The zero-order valence-electron chi connectivity index (χ0n) is 6.22. The summed E-state index contributed by atoms with van der Waals surface area (Å²) in [7, 11) is 0. The van der Waals surface area contributed by atoms with Crippen molar-refractivity contribution in [2.24, 2.45) is 0 Å². The third-order valence-electron chi connectivity index (χ3n) is 1.02. The van der Waals surface area contributed by atoms with Crippen LogP contribution in [0.4, 0.5) is 0 Å². The molecule has 0 heterocycles.